The quantitative estimate of drug-likeness (QED) is 0.882. The number of nitrogens with two attached hydrogens (primary N) is 1. The molecule has 0 atom stereocenters. The molecule has 4 nitrogen and oxygen atoms in total. The van der Waals surface area contributed by atoms with E-state index in [4.69, 9.17) is 5.73 Å². The molecule has 0 aliphatic carbocycles. The van der Waals surface area contributed by atoms with Crippen LogP contribution in [0, 0.1) is 0 Å². The lowest BCUT2D eigenvalue weighted by Gasteiger charge is -2.22. The first-order valence-corrected chi connectivity index (χ1v) is 5.50. The van der Waals surface area contributed by atoms with Gasteiger partial charge in [-0.1, -0.05) is 15.9 Å². The van der Waals surface area contributed by atoms with Gasteiger partial charge < -0.3 is 11.1 Å². The number of hydrogen-bond donors (Lipinski definition) is 2. The number of halogens is 1. The van der Waals surface area contributed by atoms with Crippen molar-refractivity contribution in [3.63, 3.8) is 0 Å². The molecule has 0 aliphatic rings. The molecule has 0 heterocycles. The fourth-order valence-corrected chi connectivity index (χ4v) is 1.28. The van der Waals surface area contributed by atoms with E-state index < -0.39 is 11.4 Å². The summed E-state index contributed by atoms with van der Waals surface area (Å²) >= 11 is 3.27. The molecule has 5 heteroatoms. The molecule has 0 saturated heterocycles. The molecule has 0 unspecified atom stereocenters. The number of amides is 2. The minimum atomic E-state index is -1.05. The van der Waals surface area contributed by atoms with Crippen LogP contribution in [0.1, 0.15) is 24.2 Å². The number of hydrogen-bond acceptors (Lipinski definition) is 2. The van der Waals surface area contributed by atoms with Crippen LogP contribution in [-0.2, 0) is 4.79 Å². The van der Waals surface area contributed by atoms with Gasteiger partial charge in [-0.05, 0) is 38.1 Å². The van der Waals surface area contributed by atoms with Gasteiger partial charge in [0.15, 0.2) is 0 Å². The highest BCUT2D eigenvalue weighted by atomic mass is 79.9. The van der Waals surface area contributed by atoms with Gasteiger partial charge in [-0.2, -0.15) is 0 Å². The Balaban J connectivity index is 2.81. The van der Waals surface area contributed by atoms with Crippen LogP contribution in [0.3, 0.4) is 0 Å². The Morgan fingerprint density at radius 2 is 1.75 bits per heavy atom. The summed E-state index contributed by atoms with van der Waals surface area (Å²) in [6.07, 6.45) is 0. The van der Waals surface area contributed by atoms with Crippen molar-refractivity contribution >= 4 is 27.7 Å². The first-order valence-electron chi connectivity index (χ1n) is 4.71. The van der Waals surface area contributed by atoms with Crippen molar-refractivity contribution in [1.82, 2.24) is 5.32 Å². The van der Waals surface area contributed by atoms with E-state index in [-0.39, 0.29) is 5.91 Å². The predicted molar refractivity (Wildman–Crippen MR) is 64.9 cm³/mol. The van der Waals surface area contributed by atoms with E-state index in [0.717, 1.165) is 4.47 Å². The van der Waals surface area contributed by atoms with Crippen molar-refractivity contribution in [3.8, 4) is 0 Å². The molecule has 1 rings (SSSR count). The molecule has 0 radical (unpaired) electrons. The van der Waals surface area contributed by atoms with Gasteiger partial charge in [0.05, 0.1) is 0 Å². The zero-order valence-electron chi connectivity index (χ0n) is 9.08. The van der Waals surface area contributed by atoms with E-state index in [0.29, 0.717) is 5.56 Å². The Bertz CT molecular complexity index is 412. The molecular weight excluding hydrogens is 272 g/mol. The van der Waals surface area contributed by atoms with Crippen LogP contribution in [-0.4, -0.2) is 17.4 Å². The summed E-state index contributed by atoms with van der Waals surface area (Å²) in [6, 6.07) is 6.84. The smallest absolute Gasteiger partial charge is 0.252 e. The second kappa shape index (κ2) is 4.65. The topological polar surface area (TPSA) is 72.2 Å². The lowest BCUT2D eigenvalue weighted by atomic mass is 10.0. The summed E-state index contributed by atoms with van der Waals surface area (Å²) in [5, 5.41) is 2.56. The Morgan fingerprint density at radius 1 is 1.25 bits per heavy atom. The highest BCUT2D eigenvalue weighted by Gasteiger charge is 2.27. The zero-order chi connectivity index (χ0) is 12.3. The van der Waals surface area contributed by atoms with Gasteiger partial charge in [0, 0.05) is 10.0 Å². The van der Waals surface area contributed by atoms with Crippen LogP contribution in [0.2, 0.25) is 0 Å². The third-order valence-electron chi connectivity index (χ3n) is 2.15. The highest BCUT2D eigenvalue weighted by Crippen LogP contribution is 2.11. The van der Waals surface area contributed by atoms with Gasteiger partial charge in [-0.25, -0.2) is 0 Å². The fourth-order valence-electron chi connectivity index (χ4n) is 1.02. The first-order chi connectivity index (χ1) is 7.33. The molecule has 1 aromatic rings. The van der Waals surface area contributed by atoms with Crippen molar-refractivity contribution in [3.05, 3.63) is 34.3 Å². The van der Waals surface area contributed by atoms with Crippen molar-refractivity contribution in [1.29, 1.82) is 0 Å². The molecular formula is C11H13BrN2O2. The van der Waals surface area contributed by atoms with Crippen molar-refractivity contribution in [2.75, 3.05) is 0 Å². The number of carbonyl (C=O) groups is 2. The number of benzene rings is 1. The molecule has 0 aliphatic heterocycles. The average molecular weight is 285 g/mol. The molecule has 0 aromatic heterocycles. The molecule has 86 valence electrons. The highest BCUT2D eigenvalue weighted by molar-refractivity contribution is 9.10. The largest absolute Gasteiger partial charge is 0.368 e. The molecule has 0 spiro atoms. The summed E-state index contributed by atoms with van der Waals surface area (Å²) in [5.74, 6) is -0.894. The van der Waals surface area contributed by atoms with Gasteiger partial charge in [0.1, 0.15) is 5.54 Å². The Labute approximate surface area is 102 Å². The number of primary amides is 1. The summed E-state index contributed by atoms with van der Waals surface area (Å²) < 4.78 is 0.887. The van der Waals surface area contributed by atoms with Gasteiger partial charge >= 0.3 is 0 Å². The van der Waals surface area contributed by atoms with E-state index >= 15 is 0 Å². The molecule has 1 aromatic carbocycles. The first kappa shape index (κ1) is 12.7. The molecule has 3 N–H and O–H groups in total. The molecule has 0 bridgehead atoms. The van der Waals surface area contributed by atoms with Gasteiger partial charge in [-0.3, -0.25) is 9.59 Å². The Kier molecular flexibility index (Phi) is 3.70. The van der Waals surface area contributed by atoms with E-state index in [9.17, 15) is 9.59 Å². The van der Waals surface area contributed by atoms with Crippen molar-refractivity contribution in [2.24, 2.45) is 5.73 Å². The maximum Gasteiger partial charge on any atom is 0.252 e. The van der Waals surface area contributed by atoms with Crippen LogP contribution in [0.4, 0.5) is 0 Å². The summed E-state index contributed by atoms with van der Waals surface area (Å²) in [7, 11) is 0. The summed E-state index contributed by atoms with van der Waals surface area (Å²) in [5.41, 5.74) is 4.59. The maximum absolute atomic E-state index is 11.7. The number of nitrogens with one attached hydrogen (secondary N) is 1. The van der Waals surface area contributed by atoms with E-state index in [2.05, 4.69) is 21.2 Å². The van der Waals surface area contributed by atoms with Crippen LogP contribution in [0.15, 0.2) is 28.7 Å². The minimum Gasteiger partial charge on any atom is -0.368 e. The standard InChI is InChI=1S/C11H13BrN2O2/c1-11(2,10(13)16)14-9(15)7-3-5-8(12)6-4-7/h3-6H,1-2H3,(H2,13,16)(H,14,15). The fraction of sp³-hybridized carbons (Fsp3) is 0.273. The van der Waals surface area contributed by atoms with Crippen LogP contribution < -0.4 is 11.1 Å². The van der Waals surface area contributed by atoms with Crippen LogP contribution in [0.25, 0.3) is 0 Å². The van der Waals surface area contributed by atoms with Gasteiger partial charge in [0.25, 0.3) is 5.91 Å². The van der Waals surface area contributed by atoms with E-state index in [1.54, 1.807) is 38.1 Å². The van der Waals surface area contributed by atoms with Crippen molar-refractivity contribution < 1.29 is 9.59 Å². The lowest BCUT2D eigenvalue weighted by molar-refractivity contribution is -0.122. The molecule has 16 heavy (non-hydrogen) atoms. The van der Waals surface area contributed by atoms with Crippen molar-refractivity contribution in [2.45, 2.75) is 19.4 Å². The van der Waals surface area contributed by atoms with E-state index in [1.165, 1.54) is 0 Å². The second-order valence-corrected chi connectivity index (χ2v) is 4.87. The summed E-state index contributed by atoms with van der Waals surface area (Å²) in [6.45, 7) is 3.12. The SMILES string of the molecule is CC(C)(NC(=O)c1ccc(Br)cc1)C(N)=O. The number of rotatable bonds is 3. The monoisotopic (exact) mass is 284 g/mol. The summed E-state index contributed by atoms with van der Waals surface area (Å²) in [4.78, 5) is 22.8. The zero-order valence-corrected chi connectivity index (χ0v) is 10.7. The Morgan fingerprint density at radius 3 is 2.19 bits per heavy atom. The van der Waals surface area contributed by atoms with Crippen LogP contribution >= 0.6 is 15.9 Å². The normalized spacial score (nSPS) is 10.9. The third-order valence-corrected chi connectivity index (χ3v) is 2.68. The second-order valence-electron chi connectivity index (χ2n) is 3.95. The molecule has 0 fully saturated rings. The average Bonchev–Trinajstić information content (AvgIpc) is 2.17. The minimum absolute atomic E-state index is 0.323. The third kappa shape index (κ3) is 3.06. The number of carbonyl (C=O) groups excluding carboxylic acids is 2. The van der Waals surface area contributed by atoms with Gasteiger partial charge in [-0.15, -0.1) is 0 Å². The maximum atomic E-state index is 11.7. The van der Waals surface area contributed by atoms with Crippen LogP contribution in [0.5, 0.6) is 0 Å². The predicted octanol–water partition coefficient (Wildman–Crippen LogP) is 1.44. The lowest BCUT2D eigenvalue weighted by Crippen LogP contribution is -2.52. The Hall–Kier alpha value is -1.36. The van der Waals surface area contributed by atoms with E-state index in [1.807, 2.05) is 0 Å². The molecule has 0 saturated carbocycles. The molecule has 2 amide bonds. The van der Waals surface area contributed by atoms with Gasteiger partial charge in [0.2, 0.25) is 5.91 Å².